The number of ether oxygens (including phenoxy) is 2. The van der Waals surface area contributed by atoms with Gasteiger partial charge in [-0.1, -0.05) is 33.6 Å². The van der Waals surface area contributed by atoms with E-state index in [-0.39, 0.29) is 12.4 Å². The van der Waals surface area contributed by atoms with Gasteiger partial charge < -0.3 is 14.8 Å². The molecule has 1 N–H and O–H groups in total. The monoisotopic (exact) mass is 401 g/mol. The largest absolute Gasteiger partial charge is 0.489 e. The molecule has 2 aromatic rings. The zero-order chi connectivity index (χ0) is 16.7. The van der Waals surface area contributed by atoms with E-state index in [4.69, 9.17) is 21.1 Å². The second-order valence-corrected chi connectivity index (χ2v) is 6.27. The summed E-state index contributed by atoms with van der Waals surface area (Å²) >= 11 is 9.49. The van der Waals surface area contributed by atoms with E-state index in [2.05, 4.69) is 21.2 Å². The summed E-state index contributed by atoms with van der Waals surface area (Å²) in [5, 5.41) is 3.65. The summed E-state index contributed by atoms with van der Waals surface area (Å²) < 4.78 is 24.9. The van der Waals surface area contributed by atoms with Crippen molar-refractivity contribution >= 4 is 27.5 Å². The molecule has 0 atom stereocenters. The van der Waals surface area contributed by atoms with Crippen molar-refractivity contribution in [2.45, 2.75) is 13.2 Å². The van der Waals surface area contributed by atoms with Crippen LogP contribution < -0.4 is 10.1 Å². The van der Waals surface area contributed by atoms with Crippen molar-refractivity contribution in [3.8, 4) is 5.75 Å². The van der Waals surface area contributed by atoms with E-state index >= 15 is 0 Å². The van der Waals surface area contributed by atoms with Crippen LogP contribution in [-0.2, 0) is 17.9 Å². The van der Waals surface area contributed by atoms with Gasteiger partial charge in [0.15, 0.2) is 0 Å². The van der Waals surface area contributed by atoms with Crippen LogP contribution in [0.15, 0.2) is 40.9 Å². The van der Waals surface area contributed by atoms with Crippen molar-refractivity contribution in [3.63, 3.8) is 0 Å². The molecule has 0 aromatic heterocycles. The van der Waals surface area contributed by atoms with Crippen molar-refractivity contribution in [3.05, 3.63) is 62.8 Å². The van der Waals surface area contributed by atoms with Crippen molar-refractivity contribution in [1.29, 1.82) is 0 Å². The molecule has 0 aliphatic rings. The maximum Gasteiger partial charge on any atom is 0.124 e. The van der Waals surface area contributed by atoms with E-state index in [0.29, 0.717) is 18.2 Å². The van der Waals surface area contributed by atoms with Crippen LogP contribution in [0.25, 0.3) is 0 Å². The molecule has 0 aliphatic carbocycles. The third-order valence-electron chi connectivity index (χ3n) is 3.22. The predicted octanol–water partition coefficient (Wildman–Crippen LogP) is 4.56. The molecule has 3 nitrogen and oxygen atoms in total. The second kappa shape index (κ2) is 9.23. The molecular weight excluding hydrogens is 385 g/mol. The average Bonchev–Trinajstić information content (AvgIpc) is 2.52. The fourth-order valence-electron chi connectivity index (χ4n) is 2.02. The van der Waals surface area contributed by atoms with Crippen LogP contribution in [0.2, 0.25) is 5.02 Å². The van der Waals surface area contributed by atoms with Crippen molar-refractivity contribution < 1.29 is 13.9 Å². The summed E-state index contributed by atoms with van der Waals surface area (Å²) in [5.74, 6) is 0.406. The molecule has 0 saturated carbocycles. The average molecular weight is 403 g/mol. The van der Waals surface area contributed by atoms with Crippen LogP contribution in [0, 0.1) is 5.82 Å². The van der Waals surface area contributed by atoms with Crippen LogP contribution >= 0.6 is 27.5 Å². The highest BCUT2D eigenvalue weighted by Crippen LogP contribution is 2.25. The Kier molecular flexibility index (Phi) is 7.30. The fraction of sp³-hybridized carbons (Fsp3) is 0.294. The summed E-state index contributed by atoms with van der Waals surface area (Å²) in [7, 11) is 1.67. The number of hydrogen-bond acceptors (Lipinski definition) is 3. The van der Waals surface area contributed by atoms with Gasteiger partial charge in [0.25, 0.3) is 0 Å². The molecule has 6 heteroatoms. The Bertz CT molecular complexity index is 654. The van der Waals surface area contributed by atoms with Gasteiger partial charge in [0.05, 0.1) is 11.6 Å². The normalized spacial score (nSPS) is 10.8. The molecule has 0 aliphatic heterocycles. The summed E-state index contributed by atoms with van der Waals surface area (Å²) in [6.45, 7) is 2.35. The van der Waals surface area contributed by atoms with Gasteiger partial charge in [-0.2, -0.15) is 0 Å². The third kappa shape index (κ3) is 5.77. The van der Waals surface area contributed by atoms with Gasteiger partial charge in [0.1, 0.15) is 18.2 Å². The van der Waals surface area contributed by atoms with Gasteiger partial charge in [-0.15, -0.1) is 0 Å². The number of methoxy groups -OCH3 is 1. The maximum absolute atomic E-state index is 13.1. The fourth-order valence-corrected chi connectivity index (χ4v) is 2.65. The third-order valence-corrected chi connectivity index (χ3v) is 4.06. The predicted molar refractivity (Wildman–Crippen MR) is 93.5 cm³/mol. The van der Waals surface area contributed by atoms with E-state index in [1.54, 1.807) is 13.2 Å². The SMILES string of the molecule is COCCNCc1cc(Br)ccc1OCc1ccc(F)cc1Cl. The number of nitrogens with one attached hydrogen (secondary N) is 1. The zero-order valence-electron chi connectivity index (χ0n) is 12.7. The first-order valence-electron chi connectivity index (χ1n) is 7.15. The molecule has 0 heterocycles. The summed E-state index contributed by atoms with van der Waals surface area (Å²) in [6.07, 6.45) is 0. The van der Waals surface area contributed by atoms with E-state index in [0.717, 1.165) is 27.9 Å². The minimum Gasteiger partial charge on any atom is -0.489 e. The van der Waals surface area contributed by atoms with Crippen molar-refractivity contribution in [2.24, 2.45) is 0 Å². The Balaban J connectivity index is 2.03. The van der Waals surface area contributed by atoms with Crippen molar-refractivity contribution in [1.82, 2.24) is 5.32 Å². The lowest BCUT2D eigenvalue weighted by Crippen LogP contribution is -2.19. The quantitative estimate of drug-likeness (QED) is 0.657. The Labute approximate surface area is 148 Å². The van der Waals surface area contributed by atoms with E-state index in [9.17, 15) is 4.39 Å². The van der Waals surface area contributed by atoms with Gasteiger partial charge in [0.2, 0.25) is 0 Å². The smallest absolute Gasteiger partial charge is 0.124 e. The van der Waals surface area contributed by atoms with E-state index in [1.165, 1.54) is 12.1 Å². The molecular formula is C17H18BrClFNO2. The van der Waals surface area contributed by atoms with E-state index < -0.39 is 0 Å². The van der Waals surface area contributed by atoms with Crippen LogP contribution in [-0.4, -0.2) is 20.3 Å². The van der Waals surface area contributed by atoms with Gasteiger partial charge in [-0.05, 0) is 30.3 Å². The lowest BCUT2D eigenvalue weighted by atomic mass is 10.2. The van der Waals surface area contributed by atoms with Gasteiger partial charge in [-0.25, -0.2) is 4.39 Å². The lowest BCUT2D eigenvalue weighted by molar-refractivity contribution is 0.199. The van der Waals surface area contributed by atoms with Gasteiger partial charge >= 0.3 is 0 Å². The maximum atomic E-state index is 13.1. The molecule has 0 bridgehead atoms. The van der Waals surface area contributed by atoms with Crippen LogP contribution in [0.4, 0.5) is 4.39 Å². The van der Waals surface area contributed by atoms with Crippen LogP contribution in [0.5, 0.6) is 5.75 Å². The van der Waals surface area contributed by atoms with Gasteiger partial charge in [-0.3, -0.25) is 0 Å². The highest BCUT2D eigenvalue weighted by molar-refractivity contribution is 9.10. The van der Waals surface area contributed by atoms with Crippen molar-refractivity contribution in [2.75, 3.05) is 20.3 Å². The Morgan fingerprint density at radius 2 is 2.00 bits per heavy atom. The summed E-state index contributed by atoms with van der Waals surface area (Å²) in [6, 6.07) is 10.1. The number of rotatable bonds is 8. The molecule has 0 amide bonds. The van der Waals surface area contributed by atoms with Crippen LogP contribution in [0.3, 0.4) is 0 Å². The summed E-state index contributed by atoms with van der Waals surface area (Å²) in [5.41, 5.74) is 1.77. The molecule has 0 unspecified atom stereocenters. The topological polar surface area (TPSA) is 30.5 Å². The number of hydrogen-bond donors (Lipinski definition) is 1. The highest BCUT2D eigenvalue weighted by atomic mass is 79.9. The zero-order valence-corrected chi connectivity index (χ0v) is 15.1. The molecule has 0 spiro atoms. The molecule has 0 radical (unpaired) electrons. The first-order chi connectivity index (χ1) is 11.1. The number of halogens is 3. The number of benzene rings is 2. The van der Waals surface area contributed by atoms with Crippen LogP contribution in [0.1, 0.15) is 11.1 Å². The van der Waals surface area contributed by atoms with Gasteiger partial charge in [0, 0.05) is 35.8 Å². The minimum absolute atomic E-state index is 0.284. The molecule has 2 rings (SSSR count). The van der Waals surface area contributed by atoms with E-state index in [1.807, 2.05) is 18.2 Å². The molecule has 23 heavy (non-hydrogen) atoms. The standard InChI is InChI=1S/C17H18BrClFNO2/c1-22-7-6-21-10-13-8-14(18)3-5-17(13)23-11-12-2-4-15(20)9-16(12)19/h2-5,8-9,21H,6-7,10-11H2,1H3. The molecule has 0 saturated heterocycles. The first-order valence-corrected chi connectivity index (χ1v) is 8.32. The first kappa shape index (κ1) is 18.2. The Morgan fingerprint density at radius 1 is 1.17 bits per heavy atom. The highest BCUT2D eigenvalue weighted by Gasteiger charge is 2.07. The minimum atomic E-state index is -0.356. The molecule has 2 aromatic carbocycles. The second-order valence-electron chi connectivity index (χ2n) is 4.95. The molecule has 124 valence electrons. The Hall–Kier alpha value is -1.14. The summed E-state index contributed by atoms with van der Waals surface area (Å²) in [4.78, 5) is 0. The Morgan fingerprint density at radius 3 is 2.74 bits per heavy atom. The molecule has 0 fully saturated rings. The lowest BCUT2D eigenvalue weighted by Gasteiger charge is -2.13.